The monoisotopic (exact) mass is 598 g/mol. The highest BCUT2D eigenvalue weighted by molar-refractivity contribution is 8.00. The summed E-state index contributed by atoms with van der Waals surface area (Å²) in [7, 11) is 0. The number of anilines is 2. The largest absolute Gasteiger partial charge is 0.450 e. The Morgan fingerprint density at radius 2 is 1.81 bits per heavy atom. The molecule has 210 valence electrons. The molecule has 0 fully saturated rings. The molecular weight excluding hydrogens is 575 g/mol. The Bertz CT molecular complexity index is 1970. The van der Waals surface area contributed by atoms with Crippen molar-refractivity contribution in [2.24, 2.45) is 0 Å². The van der Waals surface area contributed by atoms with Gasteiger partial charge in [0.1, 0.15) is 11.4 Å². The Hall–Kier alpha value is -4.35. The van der Waals surface area contributed by atoms with Crippen LogP contribution in [0.15, 0.2) is 80.3 Å². The van der Waals surface area contributed by atoms with Crippen LogP contribution in [-0.2, 0) is 16.1 Å². The molecule has 0 aliphatic carbocycles. The zero-order chi connectivity index (χ0) is 29.2. The van der Waals surface area contributed by atoms with E-state index in [-0.39, 0.29) is 27.9 Å². The van der Waals surface area contributed by atoms with Crippen molar-refractivity contribution in [3.8, 4) is 0 Å². The van der Waals surface area contributed by atoms with Crippen LogP contribution in [0.4, 0.5) is 15.2 Å². The van der Waals surface area contributed by atoms with Gasteiger partial charge in [-0.15, -0.1) is 10.2 Å². The highest BCUT2D eigenvalue weighted by Crippen LogP contribution is 2.54. The first kappa shape index (κ1) is 26.5. The Morgan fingerprint density at radius 3 is 2.60 bits per heavy atom. The van der Waals surface area contributed by atoms with E-state index in [1.54, 1.807) is 47.4 Å². The first-order valence-electron chi connectivity index (χ1n) is 13.4. The molecule has 11 heteroatoms. The Morgan fingerprint density at radius 1 is 1.02 bits per heavy atom. The third kappa shape index (κ3) is 3.76. The van der Waals surface area contributed by atoms with E-state index in [0.29, 0.717) is 39.7 Å². The minimum absolute atomic E-state index is 0.00244. The molecule has 0 bridgehead atoms. The highest BCUT2D eigenvalue weighted by Gasteiger charge is 2.66. The quantitative estimate of drug-likeness (QED) is 0.174. The maximum Gasteiger partial charge on any atom is 0.297 e. The first-order valence-corrected chi connectivity index (χ1v) is 15.2. The molecular formula is C31H23FN4O4S2. The SMILES string of the molecule is CCCN1C(=O)C2(c3ccccc31)c1c(oc3ccc(C)cc3c1=O)C(=O)N2c1nnc(SCc2ccc(F)cc2)s1. The number of aromatic nitrogens is 2. The first-order chi connectivity index (χ1) is 20.3. The number of para-hydroxylation sites is 1. The third-order valence-electron chi connectivity index (χ3n) is 7.59. The molecule has 0 radical (unpaired) electrons. The molecule has 8 nitrogen and oxygen atoms in total. The second-order valence-electron chi connectivity index (χ2n) is 10.2. The van der Waals surface area contributed by atoms with E-state index >= 15 is 0 Å². The normalized spacial score (nSPS) is 17.5. The molecule has 7 rings (SSSR count). The summed E-state index contributed by atoms with van der Waals surface area (Å²) in [6, 6.07) is 18.6. The summed E-state index contributed by atoms with van der Waals surface area (Å²) in [5.41, 5.74) is 0.940. The maximum atomic E-state index is 14.6. The van der Waals surface area contributed by atoms with Crippen LogP contribution in [0.25, 0.3) is 11.0 Å². The number of hydrogen-bond donors (Lipinski definition) is 0. The van der Waals surface area contributed by atoms with E-state index in [1.807, 2.05) is 26.0 Å². The van der Waals surface area contributed by atoms with Gasteiger partial charge in [-0.1, -0.05) is 72.0 Å². The lowest BCUT2D eigenvalue weighted by atomic mass is 9.84. The van der Waals surface area contributed by atoms with E-state index < -0.39 is 22.8 Å². The van der Waals surface area contributed by atoms with Crippen molar-refractivity contribution >= 4 is 56.7 Å². The average Bonchev–Trinajstić information content (AvgIpc) is 3.63. The van der Waals surface area contributed by atoms with E-state index in [1.165, 1.54) is 28.8 Å². The van der Waals surface area contributed by atoms with Gasteiger partial charge in [0.15, 0.2) is 15.3 Å². The summed E-state index contributed by atoms with van der Waals surface area (Å²) in [5, 5.41) is 9.12. The minimum Gasteiger partial charge on any atom is -0.450 e. The number of hydrogen-bond acceptors (Lipinski definition) is 8. The van der Waals surface area contributed by atoms with Gasteiger partial charge in [-0.25, -0.2) is 4.39 Å². The van der Waals surface area contributed by atoms with Gasteiger partial charge in [0, 0.05) is 17.9 Å². The molecule has 2 aliphatic rings. The fourth-order valence-electron chi connectivity index (χ4n) is 5.80. The van der Waals surface area contributed by atoms with Crippen molar-refractivity contribution in [1.29, 1.82) is 0 Å². The zero-order valence-electron chi connectivity index (χ0n) is 22.6. The standard InChI is InChI=1S/C31H23FN4O4S2/c1-3-14-35-22-7-5-4-6-21(22)31(28(35)39)24-25(37)20-15-17(2)8-13-23(20)40-26(24)27(38)36(31)29-33-34-30(42-29)41-16-18-9-11-19(32)12-10-18/h4-13,15H,3,14,16H2,1-2H3. The van der Waals surface area contributed by atoms with Crippen LogP contribution in [0.1, 0.15) is 46.2 Å². The van der Waals surface area contributed by atoms with E-state index in [2.05, 4.69) is 10.2 Å². The Balaban J connectivity index is 1.43. The van der Waals surface area contributed by atoms with Crippen molar-refractivity contribution < 1.29 is 18.4 Å². The van der Waals surface area contributed by atoms with Crippen molar-refractivity contribution in [3.63, 3.8) is 0 Å². The molecule has 0 saturated heterocycles. The summed E-state index contributed by atoms with van der Waals surface area (Å²) in [5.74, 6) is -1.02. The molecule has 3 aromatic carbocycles. The zero-order valence-corrected chi connectivity index (χ0v) is 24.2. The van der Waals surface area contributed by atoms with Crippen LogP contribution in [0.5, 0.6) is 0 Å². The van der Waals surface area contributed by atoms with Gasteiger partial charge in [0.2, 0.25) is 10.9 Å². The van der Waals surface area contributed by atoms with Gasteiger partial charge in [0.05, 0.1) is 16.6 Å². The number of halogens is 1. The average molecular weight is 599 g/mol. The van der Waals surface area contributed by atoms with Crippen molar-refractivity contribution in [1.82, 2.24) is 10.2 Å². The minimum atomic E-state index is -1.80. The summed E-state index contributed by atoms with van der Waals surface area (Å²) in [6.07, 6.45) is 0.672. The predicted molar refractivity (Wildman–Crippen MR) is 160 cm³/mol. The van der Waals surface area contributed by atoms with Gasteiger partial charge < -0.3 is 9.32 Å². The number of aryl methyl sites for hydroxylation is 1. The van der Waals surface area contributed by atoms with Crippen molar-refractivity contribution in [2.75, 3.05) is 16.3 Å². The van der Waals surface area contributed by atoms with Gasteiger partial charge in [-0.05, 0) is 49.2 Å². The maximum absolute atomic E-state index is 14.6. The molecule has 1 atom stereocenters. The molecule has 0 saturated carbocycles. The smallest absolute Gasteiger partial charge is 0.297 e. The van der Waals surface area contributed by atoms with Gasteiger partial charge in [-0.3, -0.25) is 19.3 Å². The van der Waals surface area contributed by atoms with Crippen LogP contribution in [-0.4, -0.2) is 28.6 Å². The number of carbonyl (C=O) groups excluding carboxylic acids is 2. The van der Waals surface area contributed by atoms with Crippen LogP contribution < -0.4 is 15.2 Å². The lowest BCUT2D eigenvalue weighted by molar-refractivity contribution is -0.121. The Labute approximate surface area is 247 Å². The third-order valence-corrected chi connectivity index (χ3v) is 9.70. The van der Waals surface area contributed by atoms with E-state index in [4.69, 9.17) is 4.42 Å². The fourth-order valence-corrected chi connectivity index (χ4v) is 7.65. The number of carbonyl (C=O) groups is 2. The second-order valence-corrected chi connectivity index (χ2v) is 12.4. The molecule has 2 amide bonds. The Kier molecular flexibility index (Phi) is 6.25. The number of amides is 2. The molecule has 4 heterocycles. The topological polar surface area (TPSA) is 96.6 Å². The lowest BCUT2D eigenvalue weighted by Crippen LogP contribution is -2.53. The molecule has 5 aromatic rings. The molecule has 2 aromatic heterocycles. The van der Waals surface area contributed by atoms with Gasteiger partial charge in [-0.2, -0.15) is 0 Å². The highest BCUT2D eigenvalue weighted by atomic mass is 32.2. The van der Waals surface area contributed by atoms with Crippen LogP contribution >= 0.6 is 23.1 Å². The number of benzene rings is 3. The summed E-state index contributed by atoms with van der Waals surface area (Å²) in [4.78, 5) is 46.1. The van der Waals surface area contributed by atoms with Crippen LogP contribution in [0.2, 0.25) is 0 Å². The summed E-state index contributed by atoms with van der Waals surface area (Å²) < 4.78 is 20.0. The molecule has 42 heavy (non-hydrogen) atoms. The number of nitrogens with zero attached hydrogens (tertiary/aromatic N) is 4. The molecule has 1 spiro atoms. The van der Waals surface area contributed by atoms with Crippen molar-refractivity contribution in [3.05, 3.63) is 111 Å². The number of thioether (sulfide) groups is 1. The van der Waals surface area contributed by atoms with Crippen molar-refractivity contribution in [2.45, 2.75) is 35.9 Å². The van der Waals surface area contributed by atoms with Crippen LogP contribution in [0, 0.1) is 12.7 Å². The predicted octanol–water partition coefficient (Wildman–Crippen LogP) is 6.04. The fraction of sp³-hybridized carbons (Fsp3) is 0.194. The van der Waals surface area contributed by atoms with E-state index in [0.717, 1.165) is 22.5 Å². The molecule has 0 N–H and O–H groups in total. The van der Waals surface area contributed by atoms with Gasteiger partial charge in [0.25, 0.3) is 11.8 Å². The van der Waals surface area contributed by atoms with Crippen LogP contribution in [0.3, 0.4) is 0 Å². The second kappa shape index (κ2) is 9.88. The lowest BCUT2D eigenvalue weighted by Gasteiger charge is -2.32. The number of rotatable bonds is 6. The van der Waals surface area contributed by atoms with E-state index in [9.17, 15) is 18.8 Å². The summed E-state index contributed by atoms with van der Waals surface area (Å²) >= 11 is 2.53. The van der Waals surface area contributed by atoms with Gasteiger partial charge >= 0.3 is 0 Å². The summed E-state index contributed by atoms with van der Waals surface area (Å²) in [6.45, 7) is 4.24. The number of fused-ring (bicyclic) bond motifs is 5. The molecule has 2 aliphatic heterocycles. The molecule has 1 unspecified atom stereocenters.